The van der Waals surface area contributed by atoms with Crippen molar-refractivity contribution in [1.29, 1.82) is 0 Å². The van der Waals surface area contributed by atoms with E-state index in [9.17, 15) is 9.90 Å². The van der Waals surface area contributed by atoms with Crippen molar-refractivity contribution in [3.8, 4) is 5.75 Å². The molecule has 0 aliphatic heterocycles. The van der Waals surface area contributed by atoms with Crippen LogP contribution >= 0.6 is 11.8 Å². The fourth-order valence-corrected chi connectivity index (χ4v) is 1.87. The third-order valence-corrected chi connectivity index (χ3v) is 2.77. The van der Waals surface area contributed by atoms with Crippen LogP contribution in [0.3, 0.4) is 0 Å². The fourth-order valence-electron chi connectivity index (χ4n) is 1.16. The minimum absolute atomic E-state index is 0.00339. The molecule has 0 spiro atoms. The van der Waals surface area contributed by atoms with Gasteiger partial charge in [0.25, 0.3) is 0 Å². The number of carbonyl (C=O) groups excluding carboxylic acids is 1. The van der Waals surface area contributed by atoms with E-state index in [-0.39, 0.29) is 11.5 Å². The number of aromatic hydroxyl groups is 1. The summed E-state index contributed by atoms with van der Waals surface area (Å²) >= 11 is 1.34. The Morgan fingerprint density at radius 3 is 2.62 bits per heavy atom. The number of phenols is 1. The molecule has 0 aliphatic rings. The Bertz CT molecular complexity index is 447. The summed E-state index contributed by atoms with van der Waals surface area (Å²) in [5.74, 6) is 0.188. The molecule has 0 heterocycles. The van der Waals surface area contributed by atoms with Gasteiger partial charge in [0.2, 0.25) is 0 Å². The highest BCUT2D eigenvalue weighted by Crippen LogP contribution is 2.26. The molecule has 0 amide bonds. The predicted octanol–water partition coefficient (Wildman–Crippen LogP) is 3.59. The topological polar surface area (TPSA) is 37.3 Å². The van der Waals surface area contributed by atoms with Crippen LogP contribution in [0, 0.1) is 0 Å². The van der Waals surface area contributed by atoms with Crippen LogP contribution in [0.2, 0.25) is 0 Å². The van der Waals surface area contributed by atoms with E-state index in [0.29, 0.717) is 4.91 Å². The van der Waals surface area contributed by atoms with E-state index in [2.05, 4.69) is 6.58 Å². The molecular formula is C13H14O2S. The number of hydrogen-bond donors (Lipinski definition) is 1. The summed E-state index contributed by atoms with van der Waals surface area (Å²) < 4.78 is 0. The van der Waals surface area contributed by atoms with Crippen molar-refractivity contribution >= 4 is 23.6 Å². The Labute approximate surface area is 99.7 Å². The number of ketones is 1. The first-order valence-corrected chi connectivity index (χ1v) is 5.65. The first kappa shape index (κ1) is 12.6. The lowest BCUT2D eigenvalue weighted by molar-refractivity contribution is -0.112. The molecule has 0 aliphatic carbocycles. The summed E-state index contributed by atoms with van der Waals surface area (Å²) in [5, 5.41) is 9.31. The van der Waals surface area contributed by atoms with Gasteiger partial charge in [0, 0.05) is 0 Å². The van der Waals surface area contributed by atoms with Crippen LogP contribution < -0.4 is 0 Å². The van der Waals surface area contributed by atoms with Gasteiger partial charge in [-0.15, -0.1) is 0 Å². The number of phenolic OH excluding ortho intramolecular Hbond substituents is 1. The number of rotatable bonds is 4. The Balaban J connectivity index is 3.02. The van der Waals surface area contributed by atoms with Crippen LogP contribution in [0.5, 0.6) is 5.75 Å². The van der Waals surface area contributed by atoms with Crippen LogP contribution in [-0.2, 0) is 4.79 Å². The first-order chi connectivity index (χ1) is 7.49. The van der Waals surface area contributed by atoms with Gasteiger partial charge in [0.05, 0.1) is 4.91 Å². The van der Waals surface area contributed by atoms with Gasteiger partial charge < -0.3 is 5.11 Å². The predicted molar refractivity (Wildman–Crippen MR) is 69.2 cm³/mol. The third-order valence-electron chi connectivity index (χ3n) is 1.80. The van der Waals surface area contributed by atoms with Crippen molar-refractivity contribution in [3.63, 3.8) is 0 Å². The number of thioether (sulfide) groups is 1. The molecule has 0 saturated carbocycles. The van der Waals surface area contributed by atoms with E-state index in [1.165, 1.54) is 18.7 Å². The molecule has 0 atom stereocenters. The molecule has 0 radical (unpaired) electrons. The van der Waals surface area contributed by atoms with Crippen LogP contribution in [0.15, 0.2) is 40.7 Å². The van der Waals surface area contributed by atoms with Gasteiger partial charge in [-0.05, 0) is 42.5 Å². The number of carbonyl (C=O) groups is 1. The van der Waals surface area contributed by atoms with Gasteiger partial charge in [-0.1, -0.05) is 30.5 Å². The lowest BCUT2D eigenvalue weighted by Crippen LogP contribution is -1.92. The molecule has 0 saturated heterocycles. The summed E-state index contributed by atoms with van der Waals surface area (Å²) in [6, 6.07) is 6.78. The van der Waals surface area contributed by atoms with E-state index in [4.69, 9.17) is 0 Å². The molecule has 2 nitrogen and oxygen atoms in total. The second-order valence-corrected chi connectivity index (χ2v) is 4.80. The van der Waals surface area contributed by atoms with Gasteiger partial charge in [-0.3, -0.25) is 4.79 Å². The molecule has 16 heavy (non-hydrogen) atoms. The number of benzene rings is 1. The van der Waals surface area contributed by atoms with Crippen molar-refractivity contribution in [3.05, 3.63) is 46.2 Å². The van der Waals surface area contributed by atoms with Crippen LogP contribution in [0.4, 0.5) is 0 Å². The zero-order chi connectivity index (χ0) is 12.1. The van der Waals surface area contributed by atoms with Crippen molar-refractivity contribution in [2.45, 2.75) is 13.8 Å². The Kier molecular flexibility index (Phi) is 4.38. The van der Waals surface area contributed by atoms with Gasteiger partial charge in [-0.2, -0.15) is 0 Å². The molecule has 1 N–H and O–H groups in total. The van der Waals surface area contributed by atoms with Gasteiger partial charge >= 0.3 is 0 Å². The summed E-state index contributed by atoms with van der Waals surface area (Å²) in [4.78, 5) is 12.9. The van der Waals surface area contributed by atoms with Crippen molar-refractivity contribution in [2.24, 2.45) is 0 Å². The van der Waals surface area contributed by atoms with Gasteiger partial charge in [-0.25, -0.2) is 0 Å². The maximum absolute atomic E-state index is 11.4. The van der Waals surface area contributed by atoms with Crippen molar-refractivity contribution in [1.82, 2.24) is 0 Å². The zero-order valence-corrected chi connectivity index (χ0v) is 10.2. The quantitative estimate of drug-likeness (QED) is 0.809. The molecule has 84 valence electrons. The molecule has 3 heteroatoms. The lowest BCUT2D eigenvalue weighted by Gasteiger charge is -2.03. The Morgan fingerprint density at radius 2 is 2.12 bits per heavy atom. The Hall–Kier alpha value is -1.48. The molecule has 1 rings (SSSR count). The Morgan fingerprint density at radius 1 is 1.44 bits per heavy atom. The summed E-state index contributed by atoms with van der Waals surface area (Å²) in [7, 11) is 0. The molecule has 1 aromatic rings. The van der Waals surface area contributed by atoms with Crippen LogP contribution in [0.1, 0.15) is 19.4 Å². The molecule has 0 aromatic heterocycles. The number of allylic oxidation sites excluding steroid dienone is 2. The lowest BCUT2D eigenvalue weighted by atomic mass is 10.2. The molecular weight excluding hydrogens is 220 g/mol. The highest BCUT2D eigenvalue weighted by molar-refractivity contribution is 8.07. The van der Waals surface area contributed by atoms with E-state index in [1.54, 1.807) is 24.3 Å². The van der Waals surface area contributed by atoms with E-state index < -0.39 is 0 Å². The van der Waals surface area contributed by atoms with E-state index in [1.807, 2.05) is 13.0 Å². The zero-order valence-electron chi connectivity index (χ0n) is 9.36. The monoisotopic (exact) mass is 234 g/mol. The molecule has 1 aromatic carbocycles. The summed E-state index contributed by atoms with van der Waals surface area (Å²) in [6.07, 6.45) is 1.75. The highest BCUT2D eigenvalue weighted by Gasteiger charge is 2.05. The normalized spacial score (nSPS) is 11.2. The third kappa shape index (κ3) is 3.95. The molecule has 0 fully saturated rings. The van der Waals surface area contributed by atoms with Crippen molar-refractivity contribution < 1.29 is 9.90 Å². The molecule has 0 unspecified atom stereocenters. The van der Waals surface area contributed by atoms with Crippen molar-refractivity contribution in [2.75, 3.05) is 0 Å². The largest absolute Gasteiger partial charge is 0.508 e. The van der Waals surface area contributed by atoms with Gasteiger partial charge in [0.15, 0.2) is 5.78 Å². The SMILES string of the molecule is C=C(C)S/C(=C/c1cccc(O)c1)C(C)=O. The fraction of sp³-hybridized carbons (Fsp3) is 0.154. The minimum Gasteiger partial charge on any atom is -0.508 e. The second-order valence-electron chi connectivity index (χ2n) is 3.46. The van der Waals surface area contributed by atoms with E-state index >= 15 is 0 Å². The first-order valence-electron chi connectivity index (χ1n) is 4.84. The smallest absolute Gasteiger partial charge is 0.166 e. The number of Topliss-reactive ketones (excluding diaryl/α,β-unsaturated/α-hetero) is 1. The molecule has 0 bridgehead atoms. The maximum atomic E-state index is 11.4. The summed E-state index contributed by atoms with van der Waals surface area (Å²) in [6.45, 7) is 7.13. The minimum atomic E-state index is -0.00339. The van der Waals surface area contributed by atoms with E-state index in [0.717, 1.165) is 10.5 Å². The number of hydrogen-bond acceptors (Lipinski definition) is 3. The van der Waals surface area contributed by atoms with Gasteiger partial charge in [0.1, 0.15) is 5.75 Å². The maximum Gasteiger partial charge on any atom is 0.166 e. The summed E-state index contributed by atoms with van der Waals surface area (Å²) in [5.41, 5.74) is 0.805. The standard InChI is InChI=1S/C13H14O2S/c1-9(2)16-13(10(3)14)8-11-5-4-6-12(15)7-11/h4-8,15H,1H2,2-3H3/b13-8+. The van der Waals surface area contributed by atoms with Crippen LogP contribution in [-0.4, -0.2) is 10.9 Å². The highest BCUT2D eigenvalue weighted by atomic mass is 32.2. The average molecular weight is 234 g/mol. The second kappa shape index (κ2) is 5.56. The average Bonchev–Trinajstić information content (AvgIpc) is 2.15. The van der Waals surface area contributed by atoms with Crippen LogP contribution in [0.25, 0.3) is 6.08 Å².